The maximum absolute atomic E-state index is 12.5. The Morgan fingerprint density at radius 1 is 1.47 bits per heavy atom. The summed E-state index contributed by atoms with van der Waals surface area (Å²) in [5.41, 5.74) is -0.724. The number of alkyl halides is 3. The topological polar surface area (TPSA) is 39.9 Å². The Hall–Kier alpha value is -1.77. The third-order valence-electron chi connectivity index (χ3n) is 2.27. The maximum atomic E-state index is 12.5. The van der Waals surface area contributed by atoms with E-state index >= 15 is 0 Å². The molecule has 0 N–H and O–H groups in total. The fourth-order valence-electron chi connectivity index (χ4n) is 1.39. The summed E-state index contributed by atoms with van der Waals surface area (Å²) in [5, 5.41) is 8.46. The summed E-state index contributed by atoms with van der Waals surface area (Å²) in [5.74, 6) is 0.248. The van der Waals surface area contributed by atoms with Gasteiger partial charge in [0.05, 0.1) is 18.1 Å². The van der Waals surface area contributed by atoms with Gasteiger partial charge in [-0.3, -0.25) is 0 Å². The average molecular weight is 243 g/mol. The molecule has 0 aliphatic rings. The lowest BCUT2D eigenvalue weighted by atomic mass is 10.2. The van der Waals surface area contributed by atoms with Crippen LogP contribution >= 0.6 is 0 Å². The first-order valence-corrected chi connectivity index (χ1v) is 5.14. The molecule has 1 aromatic rings. The van der Waals surface area contributed by atoms with E-state index < -0.39 is 11.7 Å². The van der Waals surface area contributed by atoms with Crippen molar-refractivity contribution in [2.75, 3.05) is 18.0 Å². The molecule has 0 aliphatic carbocycles. The van der Waals surface area contributed by atoms with Crippen LogP contribution in [0.4, 0.5) is 19.0 Å². The van der Waals surface area contributed by atoms with Crippen LogP contribution in [0.2, 0.25) is 0 Å². The van der Waals surface area contributed by atoms with Crippen molar-refractivity contribution in [2.45, 2.75) is 19.5 Å². The van der Waals surface area contributed by atoms with Gasteiger partial charge >= 0.3 is 6.18 Å². The van der Waals surface area contributed by atoms with Gasteiger partial charge in [-0.05, 0) is 19.1 Å². The molecule has 0 aliphatic heterocycles. The molecule has 1 aromatic heterocycles. The van der Waals surface area contributed by atoms with E-state index in [4.69, 9.17) is 5.26 Å². The summed E-state index contributed by atoms with van der Waals surface area (Å²) in [7, 11) is 0. The number of nitriles is 1. The van der Waals surface area contributed by atoms with Crippen LogP contribution < -0.4 is 4.90 Å². The van der Waals surface area contributed by atoms with Crippen LogP contribution in [0, 0.1) is 11.3 Å². The van der Waals surface area contributed by atoms with Gasteiger partial charge in [0.1, 0.15) is 5.82 Å². The molecule has 6 heteroatoms. The van der Waals surface area contributed by atoms with Crippen molar-refractivity contribution in [3.05, 3.63) is 23.9 Å². The van der Waals surface area contributed by atoms with Crippen LogP contribution in [-0.2, 0) is 6.18 Å². The summed E-state index contributed by atoms with van der Waals surface area (Å²) in [6.07, 6.45) is -2.98. The minimum Gasteiger partial charge on any atom is -0.356 e. The number of anilines is 1. The normalized spacial score (nSPS) is 11.0. The Labute approximate surface area is 97.5 Å². The van der Waals surface area contributed by atoms with Crippen LogP contribution in [0.25, 0.3) is 0 Å². The highest BCUT2D eigenvalue weighted by Gasteiger charge is 2.31. The highest BCUT2D eigenvalue weighted by atomic mass is 19.4. The van der Waals surface area contributed by atoms with Gasteiger partial charge in [0, 0.05) is 19.3 Å². The standard InChI is InChI=1S/C11H12F3N3/c1-2-17(7-3-5-15)10-8-9(4-6-16-10)11(12,13)14/h4,6,8H,2-3,7H2,1H3. The Kier molecular flexibility index (Phi) is 4.32. The van der Waals surface area contributed by atoms with Crippen molar-refractivity contribution in [1.29, 1.82) is 5.26 Å². The van der Waals surface area contributed by atoms with Crippen LogP contribution in [0.3, 0.4) is 0 Å². The average Bonchev–Trinajstić information content (AvgIpc) is 2.29. The van der Waals surface area contributed by atoms with E-state index in [1.165, 1.54) is 0 Å². The highest BCUT2D eigenvalue weighted by molar-refractivity contribution is 5.41. The van der Waals surface area contributed by atoms with Crippen molar-refractivity contribution < 1.29 is 13.2 Å². The molecule has 0 aromatic carbocycles. The summed E-state index contributed by atoms with van der Waals surface area (Å²) < 4.78 is 37.5. The molecule has 0 fully saturated rings. The number of aromatic nitrogens is 1. The molecular formula is C11H12F3N3. The number of hydrogen-bond donors (Lipinski definition) is 0. The second kappa shape index (κ2) is 5.53. The zero-order chi connectivity index (χ0) is 12.9. The molecule has 0 amide bonds. The van der Waals surface area contributed by atoms with Crippen LogP contribution in [0.15, 0.2) is 18.3 Å². The maximum Gasteiger partial charge on any atom is 0.416 e. The quantitative estimate of drug-likeness (QED) is 0.816. The summed E-state index contributed by atoms with van der Waals surface area (Å²) in [6.45, 7) is 2.69. The fraction of sp³-hybridized carbons (Fsp3) is 0.455. The van der Waals surface area contributed by atoms with Crippen molar-refractivity contribution in [1.82, 2.24) is 4.98 Å². The molecule has 1 rings (SSSR count). The smallest absolute Gasteiger partial charge is 0.356 e. The van der Waals surface area contributed by atoms with Crippen molar-refractivity contribution >= 4 is 5.82 Å². The van der Waals surface area contributed by atoms with Gasteiger partial charge in [-0.1, -0.05) is 0 Å². The van der Waals surface area contributed by atoms with E-state index in [1.807, 2.05) is 6.07 Å². The summed E-state index contributed by atoms with van der Waals surface area (Å²) >= 11 is 0. The highest BCUT2D eigenvalue weighted by Crippen LogP contribution is 2.30. The fourth-order valence-corrected chi connectivity index (χ4v) is 1.39. The summed E-state index contributed by atoms with van der Waals surface area (Å²) in [6, 6.07) is 3.89. The van der Waals surface area contributed by atoms with Gasteiger partial charge in [-0.2, -0.15) is 18.4 Å². The monoisotopic (exact) mass is 243 g/mol. The number of hydrogen-bond acceptors (Lipinski definition) is 3. The molecule has 92 valence electrons. The Balaban J connectivity index is 2.93. The number of halogens is 3. The van der Waals surface area contributed by atoms with E-state index in [0.29, 0.717) is 13.1 Å². The van der Waals surface area contributed by atoms with Gasteiger partial charge in [0.15, 0.2) is 0 Å². The molecule has 0 bridgehead atoms. The van der Waals surface area contributed by atoms with Crippen LogP contribution in [0.5, 0.6) is 0 Å². The summed E-state index contributed by atoms with van der Waals surface area (Å²) in [4.78, 5) is 5.53. The molecule has 0 spiro atoms. The molecule has 0 saturated heterocycles. The van der Waals surface area contributed by atoms with E-state index in [2.05, 4.69) is 4.98 Å². The minimum atomic E-state index is -4.37. The number of rotatable bonds is 4. The molecule has 0 atom stereocenters. The van der Waals surface area contributed by atoms with Gasteiger partial charge < -0.3 is 4.90 Å². The third-order valence-corrected chi connectivity index (χ3v) is 2.27. The van der Waals surface area contributed by atoms with Gasteiger partial charge in [0.25, 0.3) is 0 Å². The molecule has 0 radical (unpaired) electrons. The molecule has 0 unspecified atom stereocenters. The molecule has 0 saturated carbocycles. The first-order valence-electron chi connectivity index (χ1n) is 5.14. The SMILES string of the molecule is CCN(CCC#N)c1cc(C(F)(F)F)ccn1. The first kappa shape index (κ1) is 13.3. The lowest BCUT2D eigenvalue weighted by Gasteiger charge is -2.21. The number of pyridine rings is 1. The zero-order valence-electron chi connectivity index (χ0n) is 9.33. The van der Waals surface area contributed by atoms with Crippen molar-refractivity contribution in [3.8, 4) is 6.07 Å². The van der Waals surface area contributed by atoms with Crippen LogP contribution in [0.1, 0.15) is 18.9 Å². The second-order valence-electron chi connectivity index (χ2n) is 3.39. The number of nitrogens with zero attached hydrogens (tertiary/aromatic N) is 3. The Morgan fingerprint density at radius 3 is 2.71 bits per heavy atom. The second-order valence-corrected chi connectivity index (χ2v) is 3.39. The molecule has 17 heavy (non-hydrogen) atoms. The van der Waals surface area contributed by atoms with E-state index in [0.717, 1.165) is 18.3 Å². The zero-order valence-corrected chi connectivity index (χ0v) is 9.33. The van der Waals surface area contributed by atoms with Gasteiger partial charge in [0.2, 0.25) is 0 Å². The van der Waals surface area contributed by atoms with Crippen molar-refractivity contribution in [2.24, 2.45) is 0 Å². The van der Waals surface area contributed by atoms with Gasteiger partial charge in [-0.25, -0.2) is 4.98 Å². The van der Waals surface area contributed by atoms with E-state index in [-0.39, 0.29) is 12.2 Å². The largest absolute Gasteiger partial charge is 0.416 e. The molecule has 3 nitrogen and oxygen atoms in total. The van der Waals surface area contributed by atoms with E-state index in [9.17, 15) is 13.2 Å². The van der Waals surface area contributed by atoms with Crippen molar-refractivity contribution in [3.63, 3.8) is 0 Å². The Morgan fingerprint density at radius 2 is 2.18 bits per heavy atom. The lowest BCUT2D eigenvalue weighted by Crippen LogP contribution is -2.25. The Bertz CT molecular complexity index is 409. The lowest BCUT2D eigenvalue weighted by molar-refractivity contribution is -0.137. The minimum absolute atomic E-state index is 0.248. The molecule has 1 heterocycles. The van der Waals surface area contributed by atoms with Crippen LogP contribution in [-0.4, -0.2) is 18.1 Å². The molecular weight excluding hydrogens is 231 g/mol. The first-order chi connectivity index (χ1) is 7.99. The predicted molar refractivity (Wildman–Crippen MR) is 57.4 cm³/mol. The third kappa shape index (κ3) is 3.63. The predicted octanol–water partition coefficient (Wildman–Crippen LogP) is 2.84. The van der Waals surface area contributed by atoms with E-state index in [1.54, 1.807) is 11.8 Å². The van der Waals surface area contributed by atoms with Gasteiger partial charge in [-0.15, -0.1) is 0 Å².